The molecular formula is C21H25N5O2. The third-order valence-electron chi connectivity index (χ3n) is 5.25. The van der Waals surface area contributed by atoms with Gasteiger partial charge in [-0.05, 0) is 24.3 Å². The Morgan fingerprint density at radius 1 is 1.14 bits per heavy atom. The highest BCUT2D eigenvalue weighted by molar-refractivity contribution is 5.92. The number of carbonyl (C=O) groups is 1. The van der Waals surface area contributed by atoms with Crippen LogP contribution in [0.15, 0.2) is 48.7 Å². The van der Waals surface area contributed by atoms with Gasteiger partial charge in [0, 0.05) is 56.4 Å². The molecule has 1 N–H and O–H groups in total. The number of aromatic nitrogens is 2. The highest BCUT2D eigenvalue weighted by Gasteiger charge is 2.22. The number of amides is 2. The molecule has 1 aromatic heterocycles. The van der Waals surface area contributed by atoms with E-state index in [1.165, 1.54) is 5.56 Å². The predicted molar refractivity (Wildman–Crippen MR) is 110 cm³/mol. The summed E-state index contributed by atoms with van der Waals surface area (Å²) in [5, 5.41) is 8.31. The lowest BCUT2D eigenvalue weighted by Crippen LogP contribution is -2.49. The number of para-hydroxylation sites is 1. The van der Waals surface area contributed by atoms with E-state index in [0.717, 1.165) is 42.0 Å². The number of methoxy groups -OCH3 is 1. The number of anilines is 1. The minimum absolute atomic E-state index is 0.0570. The number of benzene rings is 2. The van der Waals surface area contributed by atoms with Gasteiger partial charge < -0.3 is 15.0 Å². The van der Waals surface area contributed by atoms with Crippen LogP contribution in [0.1, 0.15) is 5.56 Å². The normalized spacial score (nSPS) is 15.0. The van der Waals surface area contributed by atoms with Gasteiger partial charge in [0.25, 0.3) is 0 Å². The molecule has 0 spiro atoms. The maximum absolute atomic E-state index is 12.6. The number of urea groups is 1. The molecule has 0 aliphatic carbocycles. The summed E-state index contributed by atoms with van der Waals surface area (Å²) >= 11 is 0. The molecule has 1 aliphatic rings. The van der Waals surface area contributed by atoms with E-state index in [-0.39, 0.29) is 6.03 Å². The monoisotopic (exact) mass is 379 g/mol. The van der Waals surface area contributed by atoms with Crippen molar-refractivity contribution in [1.29, 1.82) is 0 Å². The molecule has 1 fully saturated rings. The smallest absolute Gasteiger partial charge is 0.321 e. The fourth-order valence-electron chi connectivity index (χ4n) is 3.61. The molecule has 0 bridgehead atoms. The fraction of sp³-hybridized carbons (Fsp3) is 0.333. The minimum atomic E-state index is -0.0570. The second-order valence-electron chi connectivity index (χ2n) is 7.05. The standard InChI is InChI=1S/C21H25N5O2/c1-24-19-13-18(8-7-16(19)14-22-24)23-21(27)26-11-9-25(10-12-26)15-17-5-3-4-6-20(17)28-2/h3-8,13-14H,9-12,15H2,1-2H3,(H,23,27). The lowest BCUT2D eigenvalue weighted by atomic mass is 10.1. The van der Waals surface area contributed by atoms with Crippen LogP contribution in [0.25, 0.3) is 10.9 Å². The van der Waals surface area contributed by atoms with Crippen LogP contribution in [0.2, 0.25) is 0 Å². The van der Waals surface area contributed by atoms with Crippen molar-refractivity contribution in [2.75, 3.05) is 38.6 Å². The number of hydrogen-bond acceptors (Lipinski definition) is 4. The molecule has 0 saturated carbocycles. The van der Waals surface area contributed by atoms with E-state index in [2.05, 4.69) is 21.4 Å². The molecule has 1 aliphatic heterocycles. The lowest BCUT2D eigenvalue weighted by molar-refractivity contribution is 0.142. The summed E-state index contributed by atoms with van der Waals surface area (Å²) in [7, 11) is 3.60. The molecule has 28 heavy (non-hydrogen) atoms. The van der Waals surface area contributed by atoms with Crippen LogP contribution in [-0.2, 0) is 13.6 Å². The maximum Gasteiger partial charge on any atom is 0.321 e. The highest BCUT2D eigenvalue weighted by Crippen LogP contribution is 2.21. The quantitative estimate of drug-likeness (QED) is 0.757. The summed E-state index contributed by atoms with van der Waals surface area (Å²) in [5.41, 5.74) is 2.96. The number of nitrogens with one attached hydrogen (secondary N) is 1. The largest absolute Gasteiger partial charge is 0.496 e. The Kier molecular flexibility index (Phi) is 5.16. The van der Waals surface area contributed by atoms with E-state index in [9.17, 15) is 4.79 Å². The van der Waals surface area contributed by atoms with Crippen molar-refractivity contribution in [2.24, 2.45) is 7.05 Å². The molecule has 7 nitrogen and oxygen atoms in total. The number of carbonyl (C=O) groups excluding carboxylic acids is 1. The van der Waals surface area contributed by atoms with Gasteiger partial charge >= 0.3 is 6.03 Å². The van der Waals surface area contributed by atoms with Crippen molar-refractivity contribution >= 4 is 22.6 Å². The van der Waals surface area contributed by atoms with E-state index in [1.807, 2.05) is 59.2 Å². The van der Waals surface area contributed by atoms with Crippen LogP contribution in [-0.4, -0.2) is 58.9 Å². The molecule has 0 radical (unpaired) electrons. The topological polar surface area (TPSA) is 62.6 Å². The van der Waals surface area contributed by atoms with Gasteiger partial charge in [-0.25, -0.2) is 4.79 Å². The molecule has 1 saturated heterocycles. The van der Waals surface area contributed by atoms with Crippen molar-refractivity contribution < 1.29 is 9.53 Å². The summed E-state index contributed by atoms with van der Waals surface area (Å²) in [6.07, 6.45) is 1.82. The van der Waals surface area contributed by atoms with E-state index in [1.54, 1.807) is 7.11 Å². The van der Waals surface area contributed by atoms with Gasteiger partial charge in [0.15, 0.2) is 0 Å². The predicted octanol–water partition coefficient (Wildman–Crippen LogP) is 2.93. The summed E-state index contributed by atoms with van der Waals surface area (Å²) in [5.74, 6) is 0.910. The molecule has 2 amide bonds. The minimum Gasteiger partial charge on any atom is -0.496 e. The third kappa shape index (κ3) is 3.80. The second-order valence-corrected chi connectivity index (χ2v) is 7.05. The molecular weight excluding hydrogens is 354 g/mol. The molecule has 0 atom stereocenters. The molecule has 2 aromatic carbocycles. The van der Waals surface area contributed by atoms with Crippen LogP contribution >= 0.6 is 0 Å². The molecule has 4 rings (SSSR count). The van der Waals surface area contributed by atoms with Gasteiger partial charge in [-0.1, -0.05) is 18.2 Å². The molecule has 7 heteroatoms. The zero-order valence-corrected chi connectivity index (χ0v) is 16.3. The Bertz CT molecular complexity index is 976. The average Bonchev–Trinajstić information content (AvgIpc) is 3.09. The van der Waals surface area contributed by atoms with Gasteiger partial charge in [0.1, 0.15) is 5.75 Å². The Morgan fingerprint density at radius 2 is 1.93 bits per heavy atom. The van der Waals surface area contributed by atoms with Gasteiger partial charge in [0.05, 0.1) is 18.8 Å². The zero-order chi connectivity index (χ0) is 19.5. The summed E-state index contributed by atoms with van der Waals surface area (Å²) in [6, 6.07) is 13.9. The first-order valence-electron chi connectivity index (χ1n) is 9.46. The van der Waals surface area contributed by atoms with Crippen LogP contribution in [0.5, 0.6) is 5.75 Å². The number of rotatable bonds is 4. The van der Waals surface area contributed by atoms with E-state index in [4.69, 9.17) is 4.74 Å². The van der Waals surface area contributed by atoms with Crippen molar-refractivity contribution in [3.05, 3.63) is 54.2 Å². The Morgan fingerprint density at radius 3 is 2.71 bits per heavy atom. The van der Waals surface area contributed by atoms with Crippen LogP contribution in [0.4, 0.5) is 10.5 Å². The third-order valence-corrected chi connectivity index (χ3v) is 5.25. The first kappa shape index (κ1) is 18.3. The number of piperazine rings is 1. The zero-order valence-electron chi connectivity index (χ0n) is 16.3. The second kappa shape index (κ2) is 7.90. The maximum atomic E-state index is 12.6. The van der Waals surface area contributed by atoms with Crippen molar-refractivity contribution in [3.8, 4) is 5.75 Å². The van der Waals surface area contributed by atoms with Crippen LogP contribution in [0.3, 0.4) is 0 Å². The van der Waals surface area contributed by atoms with Gasteiger partial charge in [-0.15, -0.1) is 0 Å². The first-order chi connectivity index (χ1) is 13.6. The molecule has 0 unspecified atom stereocenters. The molecule has 146 valence electrons. The van der Waals surface area contributed by atoms with Gasteiger partial charge in [-0.2, -0.15) is 5.10 Å². The SMILES string of the molecule is COc1ccccc1CN1CCN(C(=O)Nc2ccc3cnn(C)c3c2)CC1. The summed E-state index contributed by atoms with van der Waals surface area (Å²) in [6.45, 7) is 3.92. The summed E-state index contributed by atoms with van der Waals surface area (Å²) in [4.78, 5) is 16.9. The number of nitrogens with zero attached hydrogens (tertiary/aromatic N) is 4. The molecule has 3 aromatic rings. The van der Waals surface area contributed by atoms with E-state index < -0.39 is 0 Å². The number of fused-ring (bicyclic) bond motifs is 1. The molecule has 2 heterocycles. The number of hydrogen-bond donors (Lipinski definition) is 1. The van der Waals surface area contributed by atoms with Crippen molar-refractivity contribution in [1.82, 2.24) is 19.6 Å². The van der Waals surface area contributed by atoms with Crippen LogP contribution in [0, 0.1) is 0 Å². The average molecular weight is 379 g/mol. The Hall–Kier alpha value is -3.06. The van der Waals surface area contributed by atoms with Crippen LogP contribution < -0.4 is 10.1 Å². The van der Waals surface area contributed by atoms with Gasteiger partial charge in [0.2, 0.25) is 0 Å². The number of ether oxygens (including phenoxy) is 1. The highest BCUT2D eigenvalue weighted by atomic mass is 16.5. The summed E-state index contributed by atoms with van der Waals surface area (Å²) < 4.78 is 7.25. The van der Waals surface area contributed by atoms with E-state index in [0.29, 0.717) is 13.1 Å². The number of aryl methyl sites for hydroxylation is 1. The van der Waals surface area contributed by atoms with Crippen molar-refractivity contribution in [3.63, 3.8) is 0 Å². The first-order valence-corrected chi connectivity index (χ1v) is 9.46. The van der Waals surface area contributed by atoms with Gasteiger partial charge in [-0.3, -0.25) is 9.58 Å². The Labute approximate surface area is 164 Å². The Balaban J connectivity index is 1.34. The van der Waals surface area contributed by atoms with E-state index >= 15 is 0 Å². The lowest BCUT2D eigenvalue weighted by Gasteiger charge is -2.34. The fourth-order valence-corrected chi connectivity index (χ4v) is 3.61. The van der Waals surface area contributed by atoms with Crippen molar-refractivity contribution in [2.45, 2.75) is 6.54 Å².